The Morgan fingerprint density at radius 2 is 1.14 bits per heavy atom. The highest BCUT2D eigenvalue weighted by Gasteiger charge is 2.48. The van der Waals surface area contributed by atoms with Gasteiger partial charge in [0, 0.05) is 5.41 Å². The quantitative estimate of drug-likeness (QED) is 0.568. The summed E-state index contributed by atoms with van der Waals surface area (Å²) in [6.45, 7) is 16.7. The van der Waals surface area contributed by atoms with Crippen molar-refractivity contribution in [1.29, 1.82) is 0 Å². The number of aryl methyl sites for hydroxylation is 1. The van der Waals surface area contributed by atoms with Gasteiger partial charge in [0.15, 0.2) is 0 Å². The van der Waals surface area contributed by atoms with Gasteiger partial charge in [-0.2, -0.15) is 0 Å². The van der Waals surface area contributed by atoms with E-state index in [0.29, 0.717) is 0 Å². The van der Waals surface area contributed by atoms with Crippen molar-refractivity contribution in [2.75, 3.05) is 0 Å². The van der Waals surface area contributed by atoms with Crippen LogP contribution in [0.2, 0.25) is 0 Å². The molecular weight excluding hydrogens is 264 g/mol. The molecule has 0 heterocycles. The predicted molar refractivity (Wildman–Crippen MR) is 95.8 cm³/mol. The van der Waals surface area contributed by atoms with E-state index in [1.165, 1.54) is 27.8 Å². The van der Waals surface area contributed by atoms with Crippen LogP contribution in [0.25, 0.3) is 0 Å². The summed E-state index contributed by atoms with van der Waals surface area (Å²) in [4.78, 5) is 0. The molecule has 22 heavy (non-hydrogen) atoms. The summed E-state index contributed by atoms with van der Waals surface area (Å²) in [5, 5.41) is 0. The fourth-order valence-corrected chi connectivity index (χ4v) is 4.39. The Bertz CT molecular complexity index is 729. The highest BCUT2D eigenvalue weighted by atomic mass is 14.5. The van der Waals surface area contributed by atoms with Gasteiger partial charge in [-0.15, -0.1) is 0 Å². The van der Waals surface area contributed by atoms with Crippen molar-refractivity contribution in [3.8, 4) is 0 Å². The Labute approximate surface area is 135 Å². The lowest BCUT2D eigenvalue weighted by atomic mass is 9.60. The highest BCUT2D eigenvalue weighted by Crippen LogP contribution is 2.54. The maximum absolute atomic E-state index is 2.41. The number of fused-ring (bicyclic) bond motifs is 2. The molecule has 0 fully saturated rings. The number of hydrogen-bond acceptors (Lipinski definition) is 0. The van der Waals surface area contributed by atoms with Crippen LogP contribution in [0.1, 0.15) is 69.4 Å². The Morgan fingerprint density at radius 3 is 1.77 bits per heavy atom. The first-order valence-corrected chi connectivity index (χ1v) is 8.32. The average Bonchev–Trinajstić information content (AvgIpc) is 2.49. The summed E-state index contributed by atoms with van der Waals surface area (Å²) in [5.41, 5.74) is 7.57. The Hall–Kier alpha value is -1.56. The van der Waals surface area contributed by atoms with Crippen LogP contribution in [-0.4, -0.2) is 0 Å². The second kappa shape index (κ2) is 4.47. The van der Waals surface area contributed by atoms with E-state index in [4.69, 9.17) is 0 Å². The van der Waals surface area contributed by atoms with Crippen LogP contribution in [0.15, 0.2) is 42.5 Å². The molecule has 0 saturated heterocycles. The molecule has 0 N–H and O–H groups in total. The Balaban J connectivity index is 2.52. The first-order valence-electron chi connectivity index (χ1n) is 8.32. The van der Waals surface area contributed by atoms with Gasteiger partial charge in [-0.1, -0.05) is 84.0 Å². The van der Waals surface area contributed by atoms with Crippen LogP contribution in [0.4, 0.5) is 0 Å². The van der Waals surface area contributed by atoms with Crippen LogP contribution in [0.5, 0.6) is 0 Å². The Kier molecular flexibility index (Phi) is 3.12. The topological polar surface area (TPSA) is 0 Å². The fraction of sp³-hybridized carbons (Fsp3) is 0.455. The normalized spacial score (nSPS) is 20.7. The summed E-state index contributed by atoms with van der Waals surface area (Å²) >= 11 is 0. The second-order valence-corrected chi connectivity index (χ2v) is 8.42. The van der Waals surface area contributed by atoms with E-state index in [0.717, 1.165) is 0 Å². The molecule has 1 aliphatic carbocycles. The van der Waals surface area contributed by atoms with Crippen molar-refractivity contribution < 1.29 is 0 Å². The van der Waals surface area contributed by atoms with Crippen LogP contribution >= 0.6 is 0 Å². The van der Waals surface area contributed by atoms with Gasteiger partial charge in [0.1, 0.15) is 0 Å². The molecule has 0 saturated carbocycles. The summed E-state index contributed by atoms with van der Waals surface area (Å²) in [6.07, 6.45) is 0. The zero-order valence-corrected chi connectivity index (χ0v) is 15.0. The van der Waals surface area contributed by atoms with Crippen molar-refractivity contribution in [3.05, 3.63) is 70.3 Å². The van der Waals surface area contributed by atoms with E-state index in [1.807, 2.05) is 0 Å². The average molecular weight is 292 g/mol. The zero-order valence-electron chi connectivity index (χ0n) is 15.0. The molecule has 0 bridgehead atoms. The first-order chi connectivity index (χ1) is 10.1. The van der Waals surface area contributed by atoms with E-state index < -0.39 is 0 Å². The van der Waals surface area contributed by atoms with E-state index in [1.54, 1.807) is 0 Å². The lowest BCUT2D eigenvalue weighted by Crippen LogP contribution is -2.40. The molecule has 0 amide bonds. The Morgan fingerprint density at radius 1 is 0.591 bits per heavy atom. The van der Waals surface area contributed by atoms with Crippen LogP contribution in [0.3, 0.4) is 0 Å². The van der Waals surface area contributed by atoms with Crippen molar-refractivity contribution >= 4 is 0 Å². The lowest BCUT2D eigenvalue weighted by molar-refractivity contribution is 0.303. The predicted octanol–water partition coefficient (Wildman–Crippen LogP) is 5.89. The molecule has 0 radical (unpaired) electrons. The number of rotatable bonds is 0. The molecule has 3 rings (SSSR count). The summed E-state index contributed by atoms with van der Waals surface area (Å²) in [7, 11) is 0. The third-order valence-corrected chi connectivity index (χ3v) is 6.41. The highest BCUT2D eigenvalue weighted by molar-refractivity contribution is 5.57. The molecule has 0 atom stereocenters. The molecule has 2 aromatic carbocycles. The van der Waals surface area contributed by atoms with Crippen molar-refractivity contribution in [1.82, 2.24) is 0 Å². The SMILES string of the molecule is Cc1cccc2c1C(C)(C)C(C)(C)c1ccccc1C2(C)C. The fourth-order valence-electron chi connectivity index (χ4n) is 4.39. The minimum Gasteiger partial charge on any atom is -0.0620 e. The monoisotopic (exact) mass is 292 g/mol. The van der Waals surface area contributed by atoms with E-state index in [9.17, 15) is 0 Å². The van der Waals surface area contributed by atoms with Crippen molar-refractivity contribution in [2.45, 2.75) is 64.7 Å². The molecule has 116 valence electrons. The molecule has 0 unspecified atom stereocenters. The third-order valence-electron chi connectivity index (χ3n) is 6.41. The largest absolute Gasteiger partial charge is 0.0620 e. The molecule has 0 aliphatic heterocycles. The van der Waals surface area contributed by atoms with E-state index in [-0.39, 0.29) is 16.2 Å². The molecular formula is C22H28. The number of hydrogen-bond donors (Lipinski definition) is 0. The van der Waals surface area contributed by atoms with Gasteiger partial charge in [0.2, 0.25) is 0 Å². The third kappa shape index (κ3) is 1.76. The molecule has 2 aromatic rings. The summed E-state index contributed by atoms with van der Waals surface area (Å²) in [5.74, 6) is 0. The van der Waals surface area contributed by atoms with Crippen LogP contribution in [-0.2, 0) is 16.2 Å². The van der Waals surface area contributed by atoms with Gasteiger partial charge in [-0.05, 0) is 45.6 Å². The van der Waals surface area contributed by atoms with Crippen LogP contribution in [0, 0.1) is 6.92 Å². The second-order valence-electron chi connectivity index (χ2n) is 8.42. The van der Waals surface area contributed by atoms with Gasteiger partial charge in [-0.3, -0.25) is 0 Å². The smallest absolute Gasteiger partial charge is 0.0152 e. The summed E-state index contributed by atoms with van der Waals surface area (Å²) in [6, 6.07) is 15.8. The maximum atomic E-state index is 2.41. The molecule has 0 heteroatoms. The van der Waals surface area contributed by atoms with E-state index in [2.05, 4.69) is 90.9 Å². The molecule has 0 nitrogen and oxygen atoms in total. The number of benzene rings is 2. The summed E-state index contributed by atoms with van der Waals surface area (Å²) < 4.78 is 0. The van der Waals surface area contributed by atoms with Gasteiger partial charge >= 0.3 is 0 Å². The maximum Gasteiger partial charge on any atom is 0.0152 e. The van der Waals surface area contributed by atoms with Gasteiger partial charge in [-0.25, -0.2) is 0 Å². The minimum absolute atomic E-state index is 0.0307. The van der Waals surface area contributed by atoms with Gasteiger partial charge < -0.3 is 0 Å². The van der Waals surface area contributed by atoms with Crippen LogP contribution < -0.4 is 0 Å². The first kappa shape index (κ1) is 15.3. The van der Waals surface area contributed by atoms with E-state index >= 15 is 0 Å². The molecule has 0 aromatic heterocycles. The van der Waals surface area contributed by atoms with Crippen molar-refractivity contribution in [3.63, 3.8) is 0 Å². The minimum atomic E-state index is 0.0307. The standard InChI is InChI=1S/C22H28/c1-15-11-10-14-18-19(15)22(6,7)21(4,5)17-13-9-8-12-16(17)20(18,2)3/h8-14H,1-7H3. The molecule has 0 spiro atoms. The van der Waals surface area contributed by atoms with Crippen molar-refractivity contribution in [2.24, 2.45) is 0 Å². The van der Waals surface area contributed by atoms with Gasteiger partial charge in [0.25, 0.3) is 0 Å². The zero-order chi connectivity index (χ0) is 16.3. The lowest BCUT2D eigenvalue weighted by Gasteiger charge is -2.43. The molecule has 1 aliphatic rings. The van der Waals surface area contributed by atoms with Gasteiger partial charge in [0.05, 0.1) is 0 Å².